The normalized spacial score (nSPS) is 13.5. The van der Waals surface area contributed by atoms with E-state index in [0.29, 0.717) is 12.8 Å². The number of allylic oxidation sites excluding steroid dienone is 10. The van der Waals surface area contributed by atoms with Crippen molar-refractivity contribution in [2.75, 3.05) is 41.0 Å². The number of likely N-dealkylation sites (N-methyl/N-ethyl adjacent to an activating group) is 1. The summed E-state index contributed by atoms with van der Waals surface area (Å²) < 4.78 is 17.1. The van der Waals surface area contributed by atoms with Crippen LogP contribution < -0.4 is 5.11 Å². The van der Waals surface area contributed by atoms with E-state index in [2.05, 4.69) is 74.6 Å². The summed E-state index contributed by atoms with van der Waals surface area (Å²) >= 11 is 0. The SMILES string of the molecule is CCCCCCC/C=C/C=C/C=C/CCCCCCCC(=O)OC(COCCC(C(=O)[O-])[N+](C)(C)C)COC(=O)CCCCC/C=C/C=C/CCCCCCCCC. The zero-order valence-corrected chi connectivity index (χ0v) is 37.9. The minimum absolute atomic E-state index is 0.0217. The Morgan fingerprint density at radius 1 is 0.517 bits per heavy atom. The lowest BCUT2D eigenvalue weighted by atomic mass is 10.1. The van der Waals surface area contributed by atoms with Gasteiger partial charge < -0.3 is 28.6 Å². The minimum Gasteiger partial charge on any atom is -0.544 e. The highest BCUT2D eigenvalue weighted by molar-refractivity contribution is 5.70. The van der Waals surface area contributed by atoms with E-state index >= 15 is 0 Å². The lowest BCUT2D eigenvalue weighted by molar-refractivity contribution is -0.889. The van der Waals surface area contributed by atoms with Gasteiger partial charge >= 0.3 is 11.9 Å². The van der Waals surface area contributed by atoms with Gasteiger partial charge in [0, 0.05) is 19.3 Å². The summed E-state index contributed by atoms with van der Waals surface area (Å²) in [5.41, 5.74) is 0. The molecule has 0 aliphatic rings. The summed E-state index contributed by atoms with van der Waals surface area (Å²) in [5.74, 6) is -1.80. The predicted molar refractivity (Wildman–Crippen MR) is 240 cm³/mol. The summed E-state index contributed by atoms with van der Waals surface area (Å²) in [6.07, 6.45) is 49.6. The quantitative estimate of drug-likeness (QED) is 0.0262. The van der Waals surface area contributed by atoms with Gasteiger partial charge in [0.25, 0.3) is 0 Å². The van der Waals surface area contributed by atoms with E-state index in [4.69, 9.17) is 14.2 Å². The van der Waals surface area contributed by atoms with Crippen molar-refractivity contribution in [2.45, 2.75) is 199 Å². The van der Waals surface area contributed by atoms with Crippen molar-refractivity contribution in [2.24, 2.45) is 0 Å². The number of carbonyl (C=O) groups is 3. The minimum atomic E-state index is -1.13. The number of carbonyl (C=O) groups excluding carboxylic acids is 3. The van der Waals surface area contributed by atoms with Crippen LogP contribution in [-0.4, -0.2) is 75.5 Å². The Morgan fingerprint density at radius 3 is 1.36 bits per heavy atom. The molecule has 8 heteroatoms. The van der Waals surface area contributed by atoms with Crippen molar-refractivity contribution in [1.29, 1.82) is 0 Å². The highest BCUT2D eigenvalue weighted by Crippen LogP contribution is 2.13. The van der Waals surface area contributed by atoms with Crippen molar-refractivity contribution >= 4 is 17.9 Å². The number of hydrogen-bond donors (Lipinski definition) is 0. The van der Waals surface area contributed by atoms with Crippen molar-refractivity contribution in [1.82, 2.24) is 0 Å². The average molecular weight is 814 g/mol. The van der Waals surface area contributed by atoms with Crippen LogP contribution in [0.4, 0.5) is 0 Å². The van der Waals surface area contributed by atoms with Gasteiger partial charge in [-0.05, 0) is 64.2 Å². The summed E-state index contributed by atoms with van der Waals surface area (Å²) in [5, 5.41) is 11.6. The fourth-order valence-electron chi connectivity index (χ4n) is 6.53. The molecule has 58 heavy (non-hydrogen) atoms. The van der Waals surface area contributed by atoms with E-state index in [0.717, 1.165) is 77.0 Å². The molecule has 0 amide bonds. The fraction of sp³-hybridized carbons (Fsp3) is 0.740. The van der Waals surface area contributed by atoms with Gasteiger partial charge in [-0.15, -0.1) is 0 Å². The first-order chi connectivity index (χ1) is 28.1. The summed E-state index contributed by atoms with van der Waals surface area (Å²) in [6, 6.07) is -0.736. The smallest absolute Gasteiger partial charge is 0.306 e. The third kappa shape index (κ3) is 38.5. The van der Waals surface area contributed by atoms with E-state index < -0.39 is 18.1 Å². The molecule has 0 bridgehead atoms. The van der Waals surface area contributed by atoms with Crippen LogP contribution in [0.2, 0.25) is 0 Å². The first-order valence-electron chi connectivity index (χ1n) is 23.4. The number of rotatable bonds is 41. The fourth-order valence-corrected chi connectivity index (χ4v) is 6.53. The maximum Gasteiger partial charge on any atom is 0.306 e. The Hall–Kier alpha value is -2.97. The van der Waals surface area contributed by atoms with Crippen LogP contribution in [0.5, 0.6) is 0 Å². The number of aliphatic carboxylic acids is 1. The van der Waals surface area contributed by atoms with Crippen molar-refractivity contribution < 1.29 is 38.2 Å². The number of unbranched alkanes of at least 4 members (excludes halogenated alkanes) is 20. The van der Waals surface area contributed by atoms with Crippen LogP contribution in [0.1, 0.15) is 187 Å². The van der Waals surface area contributed by atoms with E-state index in [1.54, 1.807) is 21.1 Å². The summed E-state index contributed by atoms with van der Waals surface area (Å²) in [4.78, 5) is 36.9. The third-order valence-corrected chi connectivity index (χ3v) is 10.2. The molecular weight excluding hydrogens is 727 g/mol. The zero-order valence-electron chi connectivity index (χ0n) is 37.9. The van der Waals surface area contributed by atoms with Crippen LogP contribution in [0, 0.1) is 0 Å². The Morgan fingerprint density at radius 2 is 0.914 bits per heavy atom. The summed E-state index contributed by atoms with van der Waals surface area (Å²) in [7, 11) is 5.39. The summed E-state index contributed by atoms with van der Waals surface area (Å²) in [6.45, 7) is 4.59. The third-order valence-electron chi connectivity index (χ3n) is 10.2. The number of quaternary nitrogens is 1. The molecule has 0 fully saturated rings. The van der Waals surface area contributed by atoms with Gasteiger partial charge in [-0.3, -0.25) is 9.59 Å². The number of carboxylic acids is 1. The van der Waals surface area contributed by atoms with Gasteiger partial charge in [-0.2, -0.15) is 0 Å². The van der Waals surface area contributed by atoms with Gasteiger partial charge in [0.15, 0.2) is 6.10 Å². The van der Waals surface area contributed by atoms with Gasteiger partial charge in [0.1, 0.15) is 12.6 Å². The maximum atomic E-state index is 12.7. The molecule has 0 saturated carbocycles. The molecule has 0 heterocycles. The average Bonchev–Trinajstić information content (AvgIpc) is 3.18. The van der Waals surface area contributed by atoms with Gasteiger partial charge in [-0.25, -0.2) is 0 Å². The van der Waals surface area contributed by atoms with E-state index in [-0.39, 0.29) is 42.7 Å². The van der Waals surface area contributed by atoms with Gasteiger partial charge in [-0.1, -0.05) is 164 Å². The standard InChI is InChI=1S/C50H87NO7/c1-6-8-10-12-14-16-18-20-22-24-25-27-29-31-33-35-37-39-41-49(53)58-46(44-56-43-42-47(50(54)55)51(3,4)5)45-57-48(52)40-38-36-34-32-30-28-26-23-21-19-17-15-13-11-9-7-2/h18,20,22-28,30,46-47H,6-17,19,21,29,31-45H2,1-5H3/b20-18+,24-22+,26-23+,27-25+,30-28+. The van der Waals surface area contributed by atoms with Crippen LogP contribution >= 0.6 is 0 Å². The topological polar surface area (TPSA) is 102 Å². The zero-order chi connectivity index (χ0) is 42.8. The molecule has 0 radical (unpaired) electrons. The second kappa shape index (κ2) is 40.8. The Labute approximate surface area is 356 Å². The lowest BCUT2D eigenvalue weighted by Crippen LogP contribution is -2.55. The molecule has 0 N–H and O–H groups in total. The number of esters is 2. The lowest BCUT2D eigenvalue weighted by Gasteiger charge is -2.34. The van der Waals surface area contributed by atoms with E-state index in [1.165, 1.54) is 77.0 Å². The van der Waals surface area contributed by atoms with Crippen molar-refractivity contribution in [3.63, 3.8) is 0 Å². The second-order valence-electron chi connectivity index (χ2n) is 16.7. The molecule has 0 aliphatic carbocycles. The van der Waals surface area contributed by atoms with Crippen molar-refractivity contribution in [3.8, 4) is 0 Å². The highest BCUT2D eigenvalue weighted by Gasteiger charge is 2.25. The molecule has 8 nitrogen and oxygen atoms in total. The largest absolute Gasteiger partial charge is 0.544 e. The number of hydrogen-bond acceptors (Lipinski definition) is 7. The Kier molecular flexibility index (Phi) is 38.7. The molecule has 2 atom stereocenters. The Bertz CT molecular complexity index is 1130. The second-order valence-corrected chi connectivity index (χ2v) is 16.7. The number of nitrogens with zero attached hydrogens (tertiary/aromatic N) is 1. The number of ether oxygens (including phenoxy) is 3. The molecular formula is C50H87NO7. The monoisotopic (exact) mass is 814 g/mol. The molecule has 0 aromatic rings. The first kappa shape index (κ1) is 55.0. The molecule has 0 aromatic carbocycles. The number of carboxylic acid groups (broad SMARTS) is 1. The molecule has 334 valence electrons. The predicted octanol–water partition coefficient (Wildman–Crippen LogP) is 11.6. The van der Waals surface area contributed by atoms with Crippen LogP contribution in [0.15, 0.2) is 60.8 Å². The van der Waals surface area contributed by atoms with Crippen LogP contribution in [0.25, 0.3) is 0 Å². The van der Waals surface area contributed by atoms with Crippen LogP contribution in [0.3, 0.4) is 0 Å². The van der Waals surface area contributed by atoms with Gasteiger partial charge in [0.05, 0.1) is 40.3 Å². The van der Waals surface area contributed by atoms with Crippen LogP contribution in [-0.2, 0) is 28.6 Å². The highest BCUT2D eigenvalue weighted by atomic mass is 16.6. The molecule has 0 saturated heterocycles. The first-order valence-corrected chi connectivity index (χ1v) is 23.4. The molecule has 0 spiro atoms. The maximum absolute atomic E-state index is 12.7. The van der Waals surface area contributed by atoms with E-state index in [1.807, 2.05) is 0 Å². The molecule has 2 unspecified atom stereocenters. The Balaban J connectivity index is 4.42. The molecule has 0 aliphatic heterocycles. The molecule has 0 aromatic heterocycles. The van der Waals surface area contributed by atoms with Crippen molar-refractivity contribution in [3.05, 3.63) is 60.8 Å². The van der Waals surface area contributed by atoms with E-state index in [9.17, 15) is 19.5 Å². The molecule has 0 rings (SSSR count). The van der Waals surface area contributed by atoms with Gasteiger partial charge in [0.2, 0.25) is 0 Å².